The van der Waals surface area contributed by atoms with Crippen LogP contribution in [-0.2, 0) is 6.42 Å². The predicted octanol–water partition coefficient (Wildman–Crippen LogP) is 4.73. The van der Waals surface area contributed by atoms with E-state index in [4.69, 9.17) is 16.0 Å². The van der Waals surface area contributed by atoms with Crippen molar-refractivity contribution in [1.29, 1.82) is 0 Å². The lowest BCUT2D eigenvalue weighted by atomic mass is 10.0. The molecule has 0 fully saturated rings. The van der Waals surface area contributed by atoms with Crippen molar-refractivity contribution in [2.24, 2.45) is 0 Å². The molecule has 0 amide bonds. The molecule has 1 unspecified atom stereocenters. The van der Waals surface area contributed by atoms with Gasteiger partial charge in [0.15, 0.2) is 4.67 Å². The van der Waals surface area contributed by atoms with Crippen LogP contribution in [0.25, 0.3) is 0 Å². The maximum Gasteiger partial charge on any atom is 0.173 e. The average molecular weight is 347 g/mol. The Bertz CT molecular complexity index is 558. The monoisotopic (exact) mass is 345 g/mol. The van der Waals surface area contributed by atoms with Crippen molar-refractivity contribution in [2.45, 2.75) is 19.4 Å². The fraction of sp³-hybridized carbons (Fsp3) is 0.286. The van der Waals surface area contributed by atoms with Gasteiger partial charge in [0.05, 0.1) is 11.3 Å². The molecule has 1 aromatic carbocycles. The number of rotatable bonds is 5. The van der Waals surface area contributed by atoms with Crippen LogP contribution in [0.4, 0.5) is 4.39 Å². The van der Waals surface area contributed by atoms with Gasteiger partial charge in [-0.05, 0) is 52.7 Å². The molecule has 1 atom stereocenters. The molecule has 0 bridgehead atoms. The summed E-state index contributed by atoms with van der Waals surface area (Å²) in [4.78, 5) is 0. The number of hydrogen-bond donors (Lipinski definition) is 1. The Morgan fingerprint density at radius 3 is 2.79 bits per heavy atom. The van der Waals surface area contributed by atoms with Crippen LogP contribution in [0.3, 0.4) is 0 Å². The van der Waals surface area contributed by atoms with Crippen molar-refractivity contribution in [3.8, 4) is 0 Å². The Morgan fingerprint density at radius 2 is 2.21 bits per heavy atom. The second-order valence-corrected chi connectivity index (χ2v) is 5.34. The fourth-order valence-corrected chi connectivity index (χ4v) is 2.63. The van der Waals surface area contributed by atoms with Gasteiger partial charge < -0.3 is 9.73 Å². The van der Waals surface area contributed by atoms with Gasteiger partial charge in [-0.3, -0.25) is 0 Å². The minimum atomic E-state index is -0.388. The van der Waals surface area contributed by atoms with E-state index >= 15 is 0 Å². The van der Waals surface area contributed by atoms with Crippen LogP contribution in [0.15, 0.2) is 39.6 Å². The Morgan fingerprint density at radius 1 is 1.42 bits per heavy atom. The molecular formula is C14H14BrClFNO. The van der Waals surface area contributed by atoms with Gasteiger partial charge in [-0.25, -0.2) is 4.39 Å². The zero-order valence-corrected chi connectivity index (χ0v) is 12.8. The molecular weight excluding hydrogens is 333 g/mol. The topological polar surface area (TPSA) is 25.2 Å². The number of benzene rings is 1. The summed E-state index contributed by atoms with van der Waals surface area (Å²) in [5, 5.41) is 3.51. The summed E-state index contributed by atoms with van der Waals surface area (Å²) in [5.74, 6) is -0.388. The first-order valence-electron chi connectivity index (χ1n) is 6.02. The fourth-order valence-electron chi connectivity index (χ4n) is 1.99. The smallest absolute Gasteiger partial charge is 0.173 e. The Hall–Kier alpha value is -0.840. The highest BCUT2D eigenvalue weighted by Crippen LogP contribution is 2.28. The Labute approximate surface area is 125 Å². The first kappa shape index (κ1) is 14.6. The summed E-state index contributed by atoms with van der Waals surface area (Å²) in [5.41, 5.74) is 1.91. The molecule has 0 saturated heterocycles. The van der Waals surface area contributed by atoms with Gasteiger partial charge in [0.25, 0.3) is 0 Å². The summed E-state index contributed by atoms with van der Waals surface area (Å²) in [6.45, 7) is 2.85. The summed E-state index contributed by atoms with van der Waals surface area (Å²) in [7, 11) is 0. The molecule has 0 aliphatic rings. The summed E-state index contributed by atoms with van der Waals surface area (Å²) in [6.07, 6.45) is 2.30. The molecule has 2 nitrogen and oxygen atoms in total. The minimum Gasteiger partial charge on any atom is -0.457 e. The third kappa shape index (κ3) is 3.59. The van der Waals surface area contributed by atoms with E-state index in [1.165, 1.54) is 6.07 Å². The molecule has 1 N–H and O–H groups in total. The van der Waals surface area contributed by atoms with Crippen molar-refractivity contribution in [3.63, 3.8) is 0 Å². The van der Waals surface area contributed by atoms with E-state index in [2.05, 4.69) is 21.2 Å². The van der Waals surface area contributed by atoms with Gasteiger partial charge in [-0.1, -0.05) is 24.6 Å². The molecule has 0 aliphatic carbocycles. The number of nitrogens with one attached hydrogen (secondary N) is 1. The van der Waals surface area contributed by atoms with Gasteiger partial charge >= 0.3 is 0 Å². The average Bonchev–Trinajstić information content (AvgIpc) is 2.79. The number of furan rings is 1. The highest BCUT2D eigenvalue weighted by molar-refractivity contribution is 9.10. The molecule has 2 rings (SSSR count). The standard InChI is InChI=1S/C14H14BrClFNO/c1-2-18-13(10-5-6-19-14(10)15)8-9-3-4-11(16)12(17)7-9/h3-7,13,18H,2,8H2,1H3. The maximum absolute atomic E-state index is 13.5. The largest absolute Gasteiger partial charge is 0.457 e. The van der Waals surface area contributed by atoms with Crippen LogP contribution in [0, 0.1) is 5.82 Å². The first-order chi connectivity index (χ1) is 9.11. The van der Waals surface area contributed by atoms with E-state index in [-0.39, 0.29) is 16.9 Å². The van der Waals surface area contributed by atoms with Crippen molar-refractivity contribution < 1.29 is 8.81 Å². The van der Waals surface area contributed by atoms with Gasteiger partial charge in [0.2, 0.25) is 0 Å². The molecule has 0 aliphatic heterocycles. The van der Waals surface area contributed by atoms with Crippen LogP contribution in [0.1, 0.15) is 24.1 Å². The van der Waals surface area contributed by atoms with E-state index in [0.29, 0.717) is 11.1 Å². The summed E-state index contributed by atoms with van der Waals surface area (Å²) < 4.78 is 19.4. The second-order valence-electron chi connectivity index (χ2n) is 4.21. The van der Waals surface area contributed by atoms with E-state index in [9.17, 15) is 4.39 Å². The molecule has 102 valence electrons. The predicted molar refractivity (Wildman–Crippen MR) is 77.9 cm³/mol. The Balaban J connectivity index is 2.21. The number of hydrogen-bond acceptors (Lipinski definition) is 2. The van der Waals surface area contributed by atoms with Crippen molar-refractivity contribution in [2.75, 3.05) is 6.54 Å². The van der Waals surface area contributed by atoms with Crippen LogP contribution >= 0.6 is 27.5 Å². The number of halogens is 3. The molecule has 1 heterocycles. The van der Waals surface area contributed by atoms with E-state index in [0.717, 1.165) is 17.7 Å². The molecule has 5 heteroatoms. The highest BCUT2D eigenvalue weighted by Gasteiger charge is 2.17. The lowest BCUT2D eigenvalue weighted by molar-refractivity contribution is 0.505. The highest BCUT2D eigenvalue weighted by atomic mass is 79.9. The first-order valence-corrected chi connectivity index (χ1v) is 7.19. The normalized spacial score (nSPS) is 12.6. The van der Waals surface area contributed by atoms with Gasteiger partial charge in [-0.2, -0.15) is 0 Å². The summed E-state index contributed by atoms with van der Waals surface area (Å²) >= 11 is 9.06. The quantitative estimate of drug-likeness (QED) is 0.847. The maximum atomic E-state index is 13.5. The minimum absolute atomic E-state index is 0.0682. The van der Waals surface area contributed by atoms with E-state index in [1.807, 2.05) is 19.1 Å². The SMILES string of the molecule is CCNC(Cc1ccc(Cl)c(F)c1)c1ccoc1Br. The second kappa shape index (κ2) is 6.55. The van der Waals surface area contributed by atoms with E-state index < -0.39 is 0 Å². The van der Waals surface area contributed by atoms with Gasteiger partial charge in [-0.15, -0.1) is 0 Å². The van der Waals surface area contributed by atoms with Crippen LogP contribution in [0.2, 0.25) is 5.02 Å². The lowest BCUT2D eigenvalue weighted by Gasteiger charge is -2.17. The zero-order valence-electron chi connectivity index (χ0n) is 10.4. The third-order valence-corrected chi connectivity index (χ3v) is 3.85. The molecule has 1 aromatic heterocycles. The van der Waals surface area contributed by atoms with E-state index in [1.54, 1.807) is 12.3 Å². The number of likely N-dealkylation sites (N-methyl/N-ethyl adjacent to an activating group) is 1. The van der Waals surface area contributed by atoms with Crippen molar-refractivity contribution in [3.05, 3.63) is 57.2 Å². The molecule has 19 heavy (non-hydrogen) atoms. The zero-order chi connectivity index (χ0) is 13.8. The molecule has 0 saturated carbocycles. The Kier molecular flexibility index (Phi) is 5.02. The van der Waals surface area contributed by atoms with Crippen LogP contribution in [0.5, 0.6) is 0 Å². The van der Waals surface area contributed by atoms with Crippen molar-refractivity contribution in [1.82, 2.24) is 5.32 Å². The summed E-state index contributed by atoms with van der Waals surface area (Å²) in [6, 6.07) is 6.87. The lowest BCUT2D eigenvalue weighted by Crippen LogP contribution is -2.22. The van der Waals surface area contributed by atoms with Crippen LogP contribution < -0.4 is 5.32 Å². The molecule has 0 spiro atoms. The van der Waals surface area contributed by atoms with Crippen molar-refractivity contribution >= 4 is 27.5 Å². The molecule has 2 aromatic rings. The third-order valence-electron chi connectivity index (χ3n) is 2.90. The van der Waals surface area contributed by atoms with Gasteiger partial charge in [0.1, 0.15) is 5.82 Å². The van der Waals surface area contributed by atoms with Crippen LogP contribution in [-0.4, -0.2) is 6.54 Å². The molecule has 0 radical (unpaired) electrons. The van der Waals surface area contributed by atoms with Gasteiger partial charge in [0, 0.05) is 11.6 Å².